The molecule has 2 heterocycles. The molecule has 0 bridgehead atoms. The molecule has 1 aliphatic heterocycles. The van der Waals surface area contributed by atoms with E-state index in [0.29, 0.717) is 0 Å². The standard InChI is InChI=1S/C22H27N5O/c1-3-4-22-23-17-24-27(22)20-7-5-18(6-8-20)25-13-15-26(16-14-25)19-9-11-21(28-2)12-10-19/h5-12,17H,3-4,13-16H2,1-2H3. The molecule has 0 saturated carbocycles. The number of aromatic nitrogens is 3. The molecule has 0 amide bonds. The van der Waals surface area contributed by atoms with E-state index in [-0.39, 0.29) is 0 Å². The van der Waals surface area contributed by atoms with Crippen LogP contribution in [0.1, 0.15) is 19.2 Å². The van der Waals surface area contributed by atoms with Crippen molar-refractivity contribution in [1.29, 1.82) is 0 Å². The van der Waals surface area contributed by atoms with Gasteiger partial charge in [-0.3, -0.25) is 0 Å². The first-order chi connectivity index (χ1) is 13.8. The molecule has 6 heteroatoms. The largest absolute Gasteiger partial charge is 0.497 e. The van der Waals surface area contributed by atoms with Gasteiger partial charge in [-0.15, -0.1) is 0 Å². The lowest BCUT2D eigenvalue weighted by molar-refractivity contribution is 0.415. The Labute approximate surface area is 166 Å². The van der Waals surface area contributed by atoms with Gasteiger partial charge < -0.3 is 14.5 Å². The van der Waals surface area contributed by atoms with Crippen LogP contribution in [0.25, 0.3) is 5.69 Å². The zero-order chi connectivity index (χ0) is 19.3. The summed E-state index contributed by atoms with van der Waals surface area (Å²) in [5.74, 6) is 1.92. The molecule has 0 spiro atoms. The Morgan fingerprint density at radius 2 is 1.36 bits per heavy atom. The smallest absolute Gasteiger partial charge is 0.138 e. The van der Waals surface area contributed by atoms with Crippen LogP contribution in [-0.2, 0) is 6.42 Å². The summed E-state index contributed by atoms with van der Waals surface area (Å²) in [4.78, 5) is 9.24. The molecule has 1 saturated heterocycles. The maximum Gasteiger partial charge on any atom is 0.138 e. The fraction of sp³-hybridized carbons (Fsp3) is 0.364. The van der Waals surface area contributed by atoms with Crippen molar-refractivity contribution in [1.82, 2.24) is 14.8 Å². The summed E-state index contributed by atoms with van der Waals surface area (Å²) in [7, 11) is 1.70. The van der Waals surface area contributed by atoms with Crippen molar-refractivity contribution < 1.29 is 4.74 Å². The minimum absolute atomic E-state index is 0.900. The third-order valence-electron chi connectivity index (χ3n) is 5.27. The molecule has 1 aliphatic rings. The number of methoxy groups -OCH3 is 1. The van der Waals surface area contributed by atoms with Crippen LogP contribution >= 0.6 is 0 Å². The normalized spacial score (nSPS) is 14.4. The number of nitrogens with zero attached hydrogens (tertiary/aromatic N) is 5. The van der Waals surface area contributed by atoms with Gasteiger partial charge in [0.2, 0.25) is 0 Å². The Morgan fingerprint density at radius 3 is 1.89 bits per heavy atom. The second-order valence-electron chi connectivity index (χ2n) is 7.03. The van der Waals surface area contributed by atoms with Gasteiger partial charge in [-0.05, 0) is 55.0 Å². The number of anilines is 2. The molecule has 0 atom stereocenters. The van der Waals surface area contributed by atoms with E-state index in [1.54, 1.807) is 13.4 Å². The fourth-order valence-corrected chi connectivity index (χ4v) is 3.70. The Bertz CT molecular complexity index is 880. The molecular weight excluding hydrogens is 350 g/mol. The van der Waals surface area contributed by atoms with Gasteiger partial charge in [0.05, 0.1) is 12.8 Å². The summed E-state index contributed by atoms with van der Waals surface area (Å²) in [5, 5.41) is 4.38. The molecule has 146 valence electrons. The predicted molar refractivity (Wildman–Crippen MR) is 113 cm³/mol. The van der Waals surface area contributed by atoms with Gasteiger partial charge in [0.15, 0.2) is 0 Å². The highest BCUT2D eigenvalue weighted by Crippen LogP contribution is 2.23. The summed E-state index contributed by atoms with van der Waals surface area (Å²) in [6.07, 6.45) is 3.64. The molecule has 3 aromatic rings. The van der Waals surface area contributed by atoms with E-state index < -0.39 is 0 Å². The highest BCUT2D eigenvalue weighted by Gasteiger charge is 2.18. The van der Waals surface area contributed by atoms with Crippen LogP contribution in [0, 0.1) is 0 Å². The van der Waals surface area contributed by atoms with Crippen LogP contribution in [0.4, 0.5) is 11.4 Å². The van der Waals surface area contributed by atoms with Gasteiger partial charge >= 0.3 is 0 Å². The van der Waals surface area contributed by atoms with Crippen LogP contribution < -0.4 is 14.5 Å². The number of hydrogen-bond donors (Lipinski definition) is 0. The molecule has 0 aliphatic carbocycles. The van der Waals surface area contributed by atoms with Crippen molar-refractivity contribution in [3.05, 3.63) is 60.7 Å². The third-order valence-corrected chi connectivity index (χ3v) is 5.27. The summed E-state index contributed by atoms with van der Waals surface area (Å²) >= 11 is 0. The fourth-order valence-electron chi connectivity index (χ4n) is 3.70. The highest BCUT2D eigenvalue weighted by atomic mass is 16.5. The zero-order valence-electron chi connectivity index (χ0n) is 16.6. The van der Waals surface area contributed by atoms with Crippen molar-refractivity contribution in [2.45, 2.75) is 19.8 Å². The summed E-state index contributed by atoms with van der Waals surface area (Å²) < 4.78 is 7.19. The van der Waals surface area contributed by atoms with E-state index in [9.17, 15) is 0 Å². The van der Waals surface area contributed by atoms with Crippen LogP contribution in [-0.4, -0.2) is 48.1 Å². The van der Waals surface area contributed by atoms with E-state index in [2.05, 4.69) is 63.2 Å². The number of rotatable bonds is 6. The molecular formula is C22H27N5O. The molecule has 1 aromatic heterocycles. The van der Waals surface area contributed by atoms with E-state index >= 15 is 0 Å². The average molecular weight is 377 g/mol. The molecule has 6 nitrogen and oxygen atoms in total. The SMILES string of the molecule is CCCc1ncnn1-c1ccc(N2CCN(c3ccc(OC)cc3)CC2)cc1. The van der Waals surface area contributed by atoms with Gasteiger partial charge in [0.1, 0.15) is 17.9 Å². The van der Waals surface area contributed by atoms with Gasteiger partial charge in [-0.2, -0.15) is 5.10 Å². The molecule has 1 fully saturated rings. The van der Waals surface area contributed by atoms with Crippen molar-refractivity contribution in [3.8, 4) is 11.4 Å². The molecule has 0 radical (unpaired) electrons. The number of ether oxygens (including phenoxy) is 1. The maximum absolute atomic E-state index is 5.25. The van der Waals surface area contributed by atoms with E-state index in [1.807, 2.05) is 16.8 Å². The number of benzene rings is 2. The Balaban J connectivity index is 1.40. The number of hydrogen-bond acceptors (Lipinski definition) is 5. The first-order valence-corrected chi connectivity index (χ1v) is 9.92. The minimum Gasteiger partial charge on any atom is -0.497 e. The first-order valence-electron chi connectivity index (χ1n) is 9.92. The van der Waals surface area contributed by atoms with Crippen LogP contribution in [0.15, 0.2) is 54.9 Å². The van der Waals surface area contributed by atoms with Gasteiger partial charge in [-0.1, -0.05) is 6.92 Å². The number of aryl methyl sites for hydroxylation is 1. The molecule has 0 N–H and O–H groups in total. The quantitative estimate of drug-likeness (QED) is 0.657. The lowest BCUT2D eigenvalue weighted by Crippen LogP contribution is -2.46. The summed E-state index contributed by atoms with van der Waals surface area (Å²) in [5.41, 5.74) is 3.59. The second kappa shape index (κ2) is 8.33. The highest BCUT2D eigenvalue weighted by molar-refractivity contribution is 5.54. The van der Waals surface area contributed by atoms with Gasteiger partial charge in [0.25, 0.3) is 0 Å². The van der Waals surface area contributed by atoms with Crippen molar-refractivity contribution >= 4 is 11.4 Å². The van der Waals surface area contributed by atoms with Gasteiger partial charge in [-0.25, -0.2) is 9.67 Å². The average Bonchev–Trinajstić information content (AvgIpc) is 3.23. The Morgan fingerprint density at radius 1 is 0.821 bits per heavy atom. The van der Waals surface area contributed by atoms with Gasteiger partial charge in [0, 0.05) is 44.0 Å². The van der Waals surface area contributed by atoms with E-state index in [1.165, 1.54) is 11.4 Å². The molecule has 4 rings (SSSR count). The minimum atomic E-state index is 0.900. The molecule has 2 aromatic carbocycles. The molecule has 28 heavy (non-hydrogen) atoms. The van der Waals surface area contributed by atoms with Crippen molar-refractivity contribution in [3.63, 3.8) is 0 Å². The van der Waals surface area contributed by atoms with E-state index in [4.69, 9.17) is 4.74 Å². The third kappa shape index (κ3) is 3.81. The molecule has 0 unspecified atom stereocenters. The Hall–Kier alpha value is -3.02. The first kappa shape index (κ1) is 18.3. The van der Waals surface area contributed by atoms with Crippen LogP contribution in [0.5, 0.6) is 5.75 Å². The summed E-state index contributed by atoms with van der Waals surface area (Å²) in [6.45, 7) is 6.20. The second-order valence-corrected chi connectivity index (χ2v) is 7.03. The monoisotopic (exact) mass is 377 g/mol. The van der Waals surface area contributed by atoms with E-state index in [0.717, 1.165) is 56.3 Å². The van der Waals surface area contributed by atoms with Crippen molar-refractivity contribution in [2.24, 2.45) is 0 Å². The van der Waals surface area contributed by atoms with Crippen molar-refractivity contribution in [2.75, 3.05) is 43.1 Å². The number of piperazine rings is 1. The lowest BCUT2D eigenvalue weighted by atomic mass is 10.2. The van der Waals surface area contributed by atoms with Crippen LogP contribution in [0.3, 0.4) is 0 Å². The summed E-state index contributed by atoms with van der Waals surface area (Å²) in [6, 6.07) is 17.0. The topological polar surface area (TPSA) is 46.4 Å². The lowest BCUT2D eigenvalue weighted by Gasteiger charge is -2.37. The maximum atomic E-state index is 5.25. The van der Waals surface area contributed by atoms with Crippen LogP contribution in [0.2, 0.25) is 0 Å². The zero-order valence-corrected chi connectivity index (χ0v) is 16.6. The predicted octanol–water partition coefficient (Wildman–Crippen LogP) is 3.56. The Kier molecular flexibility index (Phi) is 5.46.